The molecule has 3 rings (SSSR count). The molecule has 2 aromatic carbocycles. The van der Waals surface area contributed by atoms with Crippen molar-refractivity contribution in [3.8, 4) is 17.1 Å². The summed E-state index contributed by atoms with van der Waals surface area (Å²) >= 11 is 7.54. The van der Waals surface area contributed by atoms with E-state index >= 15 is 0 Å². The fourth-order valence-electron chi connectivity index (χ4n) is 2.10. The number of benzene rings is 2. The van der Waals surface area contributed by atoms with Gasteiger partial charge in [0, 0.05) is 23.4 Å². The summed E-state index contributed by atoms with van der Waals surface area (Å²) in [5.41, 5.74) is 0.997. The highest BCUT2D eigenvalue weighted by atomic mass is 35.5. The van der Waals surface area contributed by atoms with Crippen molar-refractivity contribution in [2.24, 2.45) is 7.05 Å². The van der Waals surface area contributed by atoms with E-state index < -0.39 is 0 Å². The van der Waals surface area contributed by atoms with Crippen LogP contribution >= 0.6 is 23.4 Å². The largest absolute Gasteiger partial charge is 0.493 e. The van der Waals surface area contributed by atoms with Crippen LogP contribution in [0.2, 0.25) is 5.02 Å². The van der Waals surface area contributed by atoms with Crippen LogP contribution < -0.4 is 4.74 Å². The highest BCUT2D eigenvalue weighted by Gasteiger charge is 2.11. The molecule has 4 nitrogen and oxygen atoms in total. The maximum Gasteiger partial charge on any atom is 0.191 e. The monoisotopic (exact) mass is 345 g/mol. The quantitative estimate of drug-likeness (QED) is 0.493. The Kier molecular flexibility index (Phi) is 5.20. The molecule has 0 aliphatic carbocycles. The predicted molar refractivity (Wildman–Crippen MR) is 94.1 cm³/mol. The van der Waals surface area contributed by atoms with Gasteiger partial charge in [-0.15, -0.1) is 10.2 Å². The first-order valence-corrected chi connectivity index (χ1v) is 8.56. The Labute approximate surface area is 144 Å². The highest BCUT2D eigenvalue weighted by molar-refractivity contribution is 7.99. The van der Waals surface area contributed by atoms with E-state index in [1.54, 1.807) is 11.8 Å². The average molecular weight is 346 g/mol. The van der Waals surface area contributed by atoms with E-state index in [9.17, 15) is 0 Å². The zero-order chi connectivity index (χ0) is 16.1. The van der Waals surface area contributed by atoms with Crippen LogP contribution in [0.5, 0.6) is 5.75 Å². The Morgan fingerprint density at radius 2 is 1.78 bits per heavy atom. The maximum atomic E-state index is 5.92. The zero-order valence-corrected chi connectivity index (χ0v) is 14.2. The number of thioether (sulfide) groups is 1. The second kappa shape index (κ2) is 7.53. The highest BCUT2D eigenvalue weighted by Crippen LogP contribution is 2.23. The van der Waals surface area contributed by atoms with Gasteiger partial charge < -0.3 is 9.30 Å². The molecule has 0 amide bonds. The number of para-hydroxylation sites is 1. The van der Waals surface area contributed by atoms with Gasteiger partial charge in [-0.1, -0.05) is 41.6 Å². The molecule has 0 aliphatic rings. The van der Waals surface area contributed by atoms with Gasteiger partial charge >= 0.3 is 0 Å². The fraction of sp³-hybridized carbons (Fsp3) is 0.176. The minimum absolute atomic E-state index is 0.623. The van der Waals surface area contributed by atoms with Crippen LogP contribution in [0.1, 0.15) is 0 Å². The van der Waals surface area contributed by atoms with E-state index in [1.165, 1.54) is 0 Å². The summed E-state index contributed by atoms with van der Waals surface area (Å²) in [6, 6.07) is 17.4. The number of halogens is 1. The molecule has 118 valence electrons. The van der Waals surface area contributed by atoms with Gasteiger partial charge in [0.05, 0.1) is 6.61 Å². The van der Waals surface area contributed by atoms with Crippen molar-refractivity contribution in [2.75, 3.05) is 12.4 Å². The first-order chi connectivity index (χ1) is 11.2. The smallest absolute Gasteiger partial charge is 0.191 e. The first-order valence-electron chi connectivity index (χ1n) is 7.20. The van der Waals surface area contributed by atoms with Gasteiger partial charge in [0.25, 0.3) is 0 Å². The molecule has 0 saturated carbocycles. The van der Waals surface area contributed by atoms with Crippen molar-refractivity contribution >= 4 is 23.4 Å². The third-order valence-electron chi connectivity index (χ3n) is 3.26. The Hall–Kier alpha value is -1.98. The van der Waals surface area contributed by atoms with E-state index in [2.05, 4.69) is 10.2 Å². The Bertz CT molecular complexity index is 759. The lowest BCUT2D eigenvalue weighted by Crippen LogP contribution is -2.01. The predicted octanol–water partition coefficient (Wildman–Crippen LogP) is 4.31. The summed E-state index contributed by atoms with van der Waals surface area (Å²) in [6.45, 7) is 0.623. The number of nitrogens with zero attached hydrogens (tertiary/aromatic N) is 3. The summed E-state index contributed by atoms with van der Waals surface area (Å²) in [7, 11) is 1.96. The summed E-state index contributed by atoms with van der Waals surface area (Å²) in [4.78, 5) is 0. The standard InChI is InChI=1S/C17H16ClN3OS/c1-21-16(13-7-9-14(18)10-8-13)19-20-17(21)23-12-11-22-15-5-3-2-4-6-15/h2-10H,11-12H2,1H3. The minimum atomic E-state index is 0.623. The van der Waals surface area contributed by atoms with Crippen molar-refractivity contribution in [1.29, 1.82) is 0 Å². The van der Waals surface area contributed by atoms with Gasteiger partial charge in [-0.2, -0.15) is 0 Å². The van der Waals surface area contributed by atoms with Crippen molar-refractivity contribution in [3.63, 3.8) is 0 Å². The van der Waals surface area contributed by atoms with Gasteiger partial charge in [0.2, 0.25) is 0 Å². The topological polar surface area (TPSA) is 39.9 Å². The lowest BCUT2D eigenvalue weighted by atomic mass is 10.2. The van der Waals surface area contributed by atoms with Crippen LogP contribution in [-0.2, 0) is 7.05 Å². The van der Waals surface area contributed by atoms with Crippen LogP contribution in [0.15, 0.2) is 59.8 Å². The second-order valence-corrected chi connectivity index (χ2v) is 6.38. The molecule has 1 aromatic heterocycles. The SMILES string of the molecule is Cn1c(SCCOc2ccccc2)nnc1-c1ccc(Cl)cc1. The van der Waals surface area contributed by atoms with Gasteiger partial charge in [0.15, 0.2) is 11.0 Å². The minimum Gasteiger partial charge on any atom is -0.493 e. The summed E-state index contributed by atoms with van der Waals surface area (Å²) in [5, 5.41) is 10.1. The van der Waals surface area contributed by atoms with Crippen LogP contribution in [0.4, 0.5) is 0 Å². The van der Waals surface area contributed by atoms with Gasteiger partial charge in [0.1, 0.15) is 5.75 Å². The molecular weight excluding hydrogens is 330 g/mol. The van der Waals surface area contributed by atoms with Crippen molar-refractivity contribution < 1.29 is 4.74 Å². The van der Waals surface area contributed by atoms with Crippen molar-refractivity contribution in [2.45, 2.75) is 5.16 Å². The van der Waals surface area contributed by atoms with Crippen LogP contribution in [-0.4, -0.2) is 27.1 Å². The van der Waals surface area contributed by atoms with Crippen LogP contribution in [0, 0.1) is 0 Å². The number of ether oxygens (including phenoxy) is 1. The van der Waals surface area contributed by atoms with E-state index in [-0.39, 0.29) is 0 Å². The number of hydrogen-bond donors (Lipinski definition) is 0. The van der Waals surface area contributed by atoms with Crippen molar-refractivity contribution in [1.82, 2.24) is 14.8 Å². The normalized spacial score (nSPS) is 10.7. The average Bonchev–Trinajstić information content (AvgIpc) is 2.94. The molecule has 0 fully saturated rings. The van der Waals surface area contributed by atoms with E-state index in [0.29, 0.717) is 11.6 Å². The molecule has 0 atom stereocenters. The van der Waals surface area contributed by atoms with Gasteiger partial charge in [-0.25, -0.2) is 0 Å². The number of hydrogen-bond acceptors (Lipinski definition) is 4. The van der Waals surface area contributed by atoms with Gasteiger partial charge in [-0.3, -0.25) is 0 Å². The lowest BCUT2D eigenvalue weighted by molar-refractivity contribution is 0.344. The molecule has 0 N–H and O–H groups in total. The Morgan fingerprint density at radius 3 is 2.52 bits per heavy atom. The molecule has 1 heterocycles. The summed E-state index contributed by atoms with van der Waals surface area (Å²) in [6.07, 6.45) is 0. The third-order valence-corrected chi connectivity index (χ3v) is 4.50. The molecule has 0 saturated heterocycles. The van der Waals surface area contributed by atoms with E-state index in [1.807, 2.05) is 66.2 Å². The van der Waals surface area contributed by atoms with E-state index in [4.69, 9.17) is 16.3 Å². The zero-order valence-electron chi connectivity index (χ0n) is 12.6. The molecular formula is C17H16ClN3OS. The van der Waals surface area contributed by atoms with E-state index in [0.717, 1.165) is 28.0 Å². The molecule has 23 heavy (non-hydrogen) atoms. The molecule has 6 heteroatoms. The maximum absolute atomic E-state index is 5.92. The molecule has 0 aliphatic heterocycles. The molecule has 0 unspecified atom stereocenters. The number of rotatable bonds is 6. The Balaban J connectivity index is 1.58. The van der Waals surface area contributed by atoms with Crippen LogP contribution in [0.25, 0.3) is 11.4 Å². The fourth-order valence-corrected chi connectivity index (χ4v) is 2.95. The summed E-state index contributed by atoms with van der Waals surface area (Å²) in [5.74, 6) is 2.52. The van der Waals surface area contributed by atoms with Gasteiger partial charge in [-0.05, 0) is 36.4 Å². The molecule has 0 spiro atoms. The number of aromatic nitrogens is 3. The third kappa shape index (κ3) is 4.06. The Morgan fingerprint density at radius 1 is 1.04 bits per heavy atom. The van der Waals surface area contributed by atoms with Crippen LogP contribution in [0.3, 0.4) is 0 Å². The second-order valence-electron chi connectivity index (χ2n) is 4.88. The molecule has 0 radical (unpaired) electrons. The first kappa shape index (κ1) is 15.9. The molecule has 0 bridgehead atoms. The van der Waals surface area contributed by atoms with Crippen molar-refractivity contribution in [3.05, 3.63) is 59.6 Å². The summed E-state index contributed by atoms with van der Waals surface area (Å²) < 4.78 is 7.66. The molecule has 3 aromatic rings. The lowest BCUT2D eigenvalue weighted by Gasteiger charge is -2.06.